The number of aromatic nitrogens is 3. The van der Waals surface area contributed by atoms with Gasteiger partial charge in [0.15, 0.2) is 0 Å². The molecule has 0 saturated heterocycles. The fourth-order valence-corrected chi connectivity index (χ4v) is 2.04. The Morgan fingerprint density at radius 2 is 2.11 bits per heavy atom. The molecule has 2 aromatic heterocycles. The molecular weight excluding hydrogens is 264 g/mol. The summed E-state index contributed by atoms with van der Waals surface area (Å²) in [4.78, 5) is 14.4. The molecule has 0 aliphatic carbocycles. The van der Waals surface area contributed by atoms with E-state index in [1.165, 1.54) is 6.33 Å². The molecule has 0 unspecified atom stereocenters. The summed E-state index contributed by atoms with van der Waals surface area (Å²) in [6, 6.07) is 5.86. The summed E-state index contributed by atoms with van der Waals surface area (Å²) in [7, 11) is 1.88. The molecule has 6 heteroatoms. The first kappa shape index (κ1) is 13.7. The van der Waals surface area contributed by atoms with Gasteiger partial charge in [-0.05, 0) is 19.1 Å². The van der Waals surface area contributed by atoms with Crippen molar-refractivity contribution in [2.24, 2.45) is 0 Å². The second-order valence-electron chi connectivity index (χ2n) is 4.25. The van der Waals surface area contributed by atoms with Crippen LogP contribution in [-0.2, 0) is 13.2 Å². The monoisotopic (exact) mass is 278 g/mol. The summed E-state index contributed by atoms with van der Waals surface area (Å²) in [6.07, 6.45) is 1.39. The van der Waals surface area contributed by atoms with E-state index in [1.54, 1.807) is 0 Å². The number of halogens is 1. The van der Waals surface area contributed by atoms with Gasteiger partial charge < -0.3 is 10.0 Å². The van der Waals surface area contributed by atoms with E-state index in [2.05, 4.69) is 15.0 Å². The second-order valence-corrected chi connectivity index (χ2v) is 4.61. The smallest absolute Gasteiger partial charge is 0.140 e. The standard InChI is InChI=1S/C13H15ClN4O/c1-9-4-3-5-10(17-9)6-18(2)13-11(7-19)12(14)15-8-16-13/h3-5,8,19H,6-7H2,1-2H3. The van der Waals surface area contributed by atoms with Gasteiger partial charge in [0.1, 0.15) is 17.3 Å². The average molecular weight is 279 g/mol. The van der Waals surface area contributed by atoms with Crippen molar-refractivity contribution in [3.8, 4) is 0 Å². The quantitative estimate of drug-likeness (QED) is 0.867. The van der Waals surface area contributed by atoms with E-state index in [0.29, 0.717) is 17.9 Å². The maximum Gasteiger partial charge on any atom is 0.140 e. The van der Waals surface area contributed by atoms with Crippen LogP contribution in [0.1, 0.15) is 17.0 Å². The van der Waals surface area contributed by atoms with Crippen LogP contribution in [-0.4, -0.2) is 27.1 Å². The van der Waals surface area contributed by atoms with Crippen LogP contribution in [0.2, 0.25) is 5.15 Å². The molecule has 100 valence electrons. The van der Waals surface area contributed by atoms with Gasteiger partial charge in [-0.3, -0.25) is 4.98 Å². The number of aryl methyl sites for hydroxylation is 1. The van der Waals surface area contributed by atoms with Crippen LogP contribution in [0.5, 0.6) is 0 Å². The zero-order valence-electron chi connectivity index (χ0n) is 10.8. The topological polar surface area (TPSA) is 62.1 Å². The predicted octanol–water partition coefficient (Wildman–Crippen LogP) is 1.96. The Morgan fingerprint density at radius 1 is 1.32 bits per heavy atom. The molecule has 0 aromatic carbocycles. The number of aliphatic hydroxyl groups excluding tert-OH is 1. The van der Waals surface area contributed by atoms with Gasteiger partial charge in [0.25, 0.3) is 0 Å². The molecule has 2 heterocycles. The highest BCUT2D eigenvalue weighted by molar-refractivity contribution is 6.30. The van der Waals surface area contributed by atoms with Crippen molar-refractivity contribution >= 4 is 17.4 Å². The summed E-state index contributed by atoms with van der Waals surface area (Å²) < 4.78 is 0. The van der Waals surface area contributed by atoms with Gasteiger partial charge >= 0.3 is 0 Å². The lowest BCUT2D eigenvalue weighted by molar-refractivity contribution is 0.281. The van der Waals surface area contributed by atoms with Crippen molar-refractivity contribution in [1.82, 2.24) is 15.0 Å². The summed E-state index contributed by atoms with van der Waals surface area (Å²) in [6.45, 7) is 2.34. The molecule has 2 rings (SSSR count). The van der Waals surface area contributed by atoms with Gasteiger partial charge in [-0.1, -0.05) is 17.7 Å². The predicted molar refractivity (Wildman–Crippen MR) is 74.0 cm³/mol. The van der Waals surface area contributed by atoms with Crippen molar-refractivity contribution in [3.05, 3.63) is 46.6 Å². The van der Waals surface area contributed by atoms with Crippen molar-refractivity contribution in [2.45, 2.75) is 20.1 Å². The van der Waals surface area contributed by atoms with E-state index < -0.39 is 0 Å². The Labute approximate surface area is 116 Å². The number of anilines is 1. The fraction of sp³-hybridized carbons (Fsp3) is 0.308. The van der Waals surface area contributed by atoms with E-state index in [9.17, 15) is 5.11 Å². The maximum atomic E-state index is 9.35. The van der Waals surface area contributed by atoms with Gasteiger partial charge in [-0.15, -0.1) is 0 Å². The van der Waals surface area contributed by atoms with Crippen LogP contribution >= 0.6 is 11.6 Å². The molecule has 2 aromatic rings. The first-order valence-corrected chi connectivity index (χ1v) is 6.23. The van der Waals surface area contributed by atoms with E-state index in [1.807, 2.05) is 37.1 Å². The highest BCUT2D eigenvalue weighted by atomic mass is 35.5. The molecule has 0 amide bonds. The van der Waals surface area contributed by atoms with Crippen LogP contribution < -0.4 is 4.90 Å². The van der Waals surface area contributed by atoms with Gasteiger partial charge in [-0.25, -0.2) is 9.97 Å². The highest BCUT2D eigenvalue weighted by Gasteiger charge is 2.13. The minimum Gasteiger partial charge on any atom is -0.391 e. The zero-order valence-corrected chi connectivity index (χ0v) is 11.6. The Balaban J connectivity index is 2.25. The third-order valence-corrected chi connectivity index (χ3v) is 3.06. The Bertz CT molecular complexity index is 576. The Hall–Kier alpha value is -1.72. The van der Waals surface area contributed by atoms with Gasteiger partial charge in [0.2, 0.25) is 0 Å². The van der Waals surface area contributed by atoms with E-state index in [0.717, 1.165) is 11.4 Å². The minimum absolute atomic E-state index is 0.194. The summed E-state index contributed by atoms with van der Waals surface area (Å²) in [5, 5.41) is 9.63. The molecule has 0 bridgehead atoms. The second kappa shape index (κ2) is 5.95. The third-order valence-electron chi connectivity index (χ3n) is 2.73. The molecule has 0 aliphatic heterocycles. The van der Waals surface area contributed by atoms with E-state index in [-0.39, 0.29) is 11.8 Å². The Morgan fingerprint density at radius 3 is 2.79 bits per heavy atom. The van der Waals surface area contributed by atoms with Crippen LogP contribution in [0.4, 0.5) is 5.82 Å². The lowest BCUT2D eigenvalue weighted by atomic mass is 10.2. The molecule has 0 aliphatic rings. The van der Waals surface area contributed by atoms with Gasteiger partial charge in [0, 0.05) is 12.7 Å². The Kier molecular flexibility index (Phi) is 4.29. The fourth-order valence-electron chi connectivity index (χ4n) is 1.85. The minimum atomic E-state index is -0.194. The van der Waals surface area contributed by atoms with Crippen LogP contribution in [0.3, 0.4) is 0 Å². The molecule has 0 spiro atoms. The number of nitrogens with zero attached hydrogens (tertiary/aromatic N) is 4. The maximum absolute atomic E-state index is 9.35. The largest absolute Gasteiger partial charge is 0.391 e. The summed E-state index contributed by atoms with van der Waals surface area (Å²) in [5.41, 5.74) is 2.43. The summed E-state index contributed by atoms with van der Waals surface area (Å²) >= 11 is 5.95. The molecule has 0 atom stereocenters. The van der Waals surface area contributed by atoms with Crippen molar-refractivity contribution in [1.29, 1.82) is 0 Å². The lowest BCUT2D eigenvalue weighted by Gasteiger charge is -2.20. The van der Waals surface area contributed by atoms with Crippen molar-refractivity contribution in [3.63, 3.8) is 0 Å². The molecular formula is C13H15ClN4O. The SMILES string of the molecule is Cc1cccc(CN(C)c2ncnc(Cl)c2CO)n1. The third kappa shape index (κ3) is 3.19. The number of pyridine rings is 1. The van der Waals surface area contributed by atoms with Crippen LogP contribution in [0.15, 0.2) is 24.5 Å². The van der Waals surface area contributed by atoms with E-state index in [4.69, 9.17) is 11.6 Å². The number of aliphatic hydroxyl groups is 1. The molecule has 5 nitrogen and oxygen atoms in total. The molecule has 19 heavy (non-hydrogen) atoms. The molecule has 0 fully saturated rings. The van der Waals surface area contributed by atoms with Crippen LogP contribution in [0.25, 0.3) is 0 Å². The molecule has 0 saturated carbocycles. The number of hydrogen-bond donors (Lipinski definition) is 1. The molecule has 0 radical (unpaired) electrons. The first-order chi connectivity index (χ1) is 9.11. The van der Waals surface area contributed by atoms with E-state index >= 15 is 0 Å². The normalized spacial score (nSPS) is 10.5. The van der Waals surface area contributed by atoms with Gasteiger partial charge in [0.05, 0.1) is 24.4 Å². The number of hydrogen-bond acceptors (Lipinski definition) is 5. The first-order valence-electron chi connectivity index (χ1n) is 5.85. The average Bonchev–Trinajstić information content (AvgIpc) is 2.38. The van der Waals surface area contributed by atoms with Gasteiger partial charge in [-0.2, -0.15) is 0 Å². The van der Waals surface area contributed by atoms with Crippen molar-refractivity contribution in [2.75, 3.05) is 11.9 Å². The lowest BCUT2D eigenvalue weighted by Crippen LogP contribution is -2.20. The van der Waals surface area contributed by atoms with Crippen LogP contribution in [0, 0.1) is 6.92 Å². The number of rotatable bonds is 4. The zero-order chi connectivity index (χ0) is 13.8. The summed E-state index contributed by atoms with van der Waals surface area (Å²) in [5.74, 6) is 0.616. The molecule has 1 N–H and O–H groups in total. The van der Waals surface area contributed by atoms with Crippen molar-refractivity contribution < 1.29 is 5.11 Å². The highest BCUT2D eigenvalue weighted by Crippen LogP contribution is 2.23.